The first-order valence-corrected chi connectivity index (χ1v) is 10.7. The van der Waals surface area contributed by atoms with Crippen molar-refractivity contribution in [3.8, 4) is 17.3 Å². The Morgan fingerprint density at radius 2 is 1.97 bits per heavy atom. The van der Waals surface area contributed by atoms with E-state index in [-0.39, 0.29) is 18.4 Å². The average Bonchev–Trinajstić information content (AvgIpc) is 3.20. The van der Waals surface area contributed by atoms with Crippen LogP contribution in [0.5, 0.6) is 0 Å². The molecule has 1 amide bonds. The van der Waals surface area contributed by atoms with Gasteiger partial charge in [-0.05, 0) is 12.3 Å². The maximum Gasteiger partial charge on any atom is 0.241 e. The Bertz CT molecular complexity index is 878. The van der Waals surface area contributed by atoms with Crippen molar-refractivity contribution in [2.75, 3.05) is 6.54 Å². The van der Waals surface area contributed by atoms with E-state index >= 15 is 0 Å². The van der Waals surface area contributed by atoms with Gasteiger partial charge in [0, 0.05) is 24.8 Å². The summed E-state index contributed by atoms with van der Waals surface area (Å²) in [4.78, 5) is 19.9. The molecule has 1 unspecified atom stereocenters. The number of carbonyl (C=O) groups is 1. The van der Waals surface area contributed by atoms with Crippen LogP contribution in [-0.4, -0.2) is 32.9 Å². The highest BCUT2D eigenvalue weighted by molar-refractivity contribution is 5.82. The topological polar surface area (TPSA) is 87.9 Å². The lowest BCUT2D eigenvalue weighted by Gasteiger charge is -2.39. The van der Waals surface area contributed by atoms with Crippen molar-refractivity contribution in [3.63, 3.8) is 0 Å². The molecule has 152 valence electrons. The largest absolute Gasteiger partial charge is 0.331 e. The minimum absolute atomic E-state index is 0.0508. The van der Waals surface area contributed by atoms with E-state index in [0.717, 1.165) is 23.5 Å². The molecule has 2 N–H and O–H groups in total. The molecule has 2 heterocycles. The maximum atomic E-state index is 13.0. The van der Waals surface area contributed by atoms with Crippen LogP contribution in [0.25, 0.3) is 11.3 Å². The van der Waals surface area contributed by atoms with Crippen molar-refractivity contribution in [1.29, 1.82) is 5.26 Å². The van der Waals surface area contributed by atoms with Gasteiger partial charge in [-0.15, -0.1) is 0 Å². The highest BCUT2D eigenvalue weighted by Gasteiger charge is 2.36. The first kappa shape index (κ1) is 19.7. The van der Waals surface area contributed by atoms with Crippen molar-refractivity contribution in [3.05, 3.63) is 42.4 Å². The van der Waals surface area contributed by atoms with E-state index in [1.165, 1.54) is 32.1 Å². The Labute approximate surface area is 172 Å². The molecule has 1 aliphatic heterocycles. The Balaban J connectivity index is 1.65. The third-order valence-corrected chi connectivity index (χ3v) is 6.33. The number of imidazole rings is 1. The molecule has 1 aliphatic carbocycles. The molecular weight excluding hydrogens is 362 g/mol. The second kappa shape index (κ2) is 8.79. The molecule has 1 aromatic carbocycles. The van der Waals surface area contributed by atoms with Crippen LogP contribution in [0, 0.1) is 17.2 Å². The molecular formula is C23H29N5O. The quantitative estimate of drug-likeness (QED) is 0.843. The SMILES string of the molecule is N#CCC(N)C(=O)N1CCn2cc(-c3ccccc3)nc2[C@@H]1CC1CCCCC1. The summed E-state index contributed by atoms with van der Waals surface area (Å²) in [7, 11) is 0. The van der Waals surface area contributed by atoms with Gasteiger partial charge >= 0.3 is 0 Å². The number of amides is 1. The van der Waals surface area contributed by atoms with Crippen LogP contribution in [0.4, 0.5) is 0 Å². The molecule has 29 heavy (non-hydrogen) atoms. The summed E-state index contributed by atoms with van der Waals surface area (Å²) in [5.41, 5.74) is 8.07. The van der Waals surface area contributed by atoms with Crippen LogP contribution in [0.1, 0.15) is 56.8 Å². The fourth-order valence-electron chi connectivity index (χ4n) is 4.77. The minimum Gasteiger partial charge on any atom is -0.331 e. The summed E-state index contributed by atoms with van der Waals surface area (Å²) in [6.07, 6.45) is 9.36. The van der Waals surface area contributed by atoms with Crippen molar-refractivity contribution < 1.29 is 4.79 Å². The number of fused-ring (bicyclic) bond motifs is 1. The van der Waals surface area contributed by atoms with Gasteiger partial charge in [0.2, 0.25) is 5.91 Å². The number of hydrogen-bond acceptors (Lipinski definition) is 4. The van der Waals surface area contributed by atoms with E-state index in [2.05, 4.69) is 22.9 Å². The average molecular weight is 392 g/mol. The number of rotatable bonds is 5. The number of hydrogen-bond donors (Lipinski definition) is 1. The predicted octanol–water partition coefficient (Wildman–Crippen LogP) is 3.64. The second-order valence-electron chi connectivity index (χ2n) is 8.30. The van der Waals surface area contributed by atoms with Gasteiger partial charge in [-0.2, -0.15) is 5.26 Å². The molecule has 1 fully saturated rings. The first-order valence-electron chi connectivity index (χ1n) is 10.7. The van der Waals surface area contributed by atoms with E-state index in [4.69, 9.17) is 16.0 Å². The zero-order valence-electron chi connectivity index (χ0n) is 16.8. The van der Waals surface area contributed by atoms with Gasteiger partial charge in [0.1, 0.15) is 5.82 Å². The molecule has 2 aromatic rings. The third kappa shape index (κ3) is 4.20. The van der Waals surface area contributed by atoms with Gasteiger partial charge in [0.05, 0.1) is 30.3 Å². The second-order valence-corrected chi connectivity index (χ2v) is 8.30. The van der Waals surface area contributed by atoms with Gasteiger partial charge in [-0.3, -0.25) is 4.79 Å². The minimum atomic E-state index is -0.760. The number of benzene rings is 1. The van der Waals surface area contributed by atoms with E-state index < -0.39 is 6.04 Å². The monoisotopic (exact) mass is 391 g/mol. The van der Waals surface area contributed by atoms with Crippen LogP contribution >= 0.6 is 0 Å². The highest BCUT2D eigenvalue weighted by atomic mass is 16.2. The van der Waals surface area contributed by atoms with Gasteiger partial charge < -0.3 is 15.2 Å². The van der Waals surface area contributed by atoms with Crippen LogP contribution in [0.2, 0.25) is 0 Å². The summed E-state index contributed by atoms with van der Waals surface area (Å²) >= 11 is 0. The summed E-state index contributed by atoms with van der Waals surface area (Å²) < 4.78 is 2.20. The van der Waals surface area contributed by atoms with Crippen molar-refractivity contribution in [2.45, 2.75) is 63.6 Å². The van der Waals surface area contributed by atoms with E-state index in [0.29, 0.717) is 19.0 Å². The Kier molecular flexibility index (Phi) is 5.96. The highest BCUT2D eigenvalue weighted by Crippen LogP contribution is 2.37. The van der Waals surface area contributed by atoms with E-state index in [1.54, 1.807) is 0 Å². The lowest BCUT2D eigenvalue weighted by Crippen LogP contribution is -2.49. The molecule has 0 saturated heterocycles. The van der Waals surface area contributed by atoms with Crippen molar-refractivity contribution >= 4 is 5.91 Å². The number of nitrogens with two attached hydrogens (primary N) is 1. The summed E-state index contributed by atoms with van der Waals surface area (Å²) in [6.45, 7) is 1.33. The fraction of sp³-hybridized carbons (Fsp3) is 0.522. The molecule has 4 rings (SSSR count). The molecule has 2 atom stereocenters. The van der Waals surface area contributed by atoms with Crippen LogP contribution in [-0.2, 0) is 11.3 Å². The molecule has 6 heteroatoms. The lowest BCUT2D eigenvalue weighted by atomic mass is 9.84. The summed E-state index contributed by atoms with van der Waals surface area (Å²) in [5.74, 6) is 1.45. The van der Waals surface area contributed by atoms with E-state index in [9.17, 15) is 4.79 Å². The maximum absolute atomic E-state index is 13.0. The number of nitriles is 1. The molecule has 1 aromatic heterocycles. The van der Waals surface area contributed by atoms with Gasteiger partial charge in [-0.1, -0.05) is 62.4 Å². The fourth-order valence-corrected chi connectivity index (χ4v) is 4.77. The number of nitrogens with zero attached hydrogens (tertiary/aromatic N) is 4. The smallest absolute Gasteiger partial charge is 0.241 e. The molecule has 6 nitrogen and oxygen atoms in total. The van der Waals surface area contributed by atoms with Crippen molar-refractivity contribution in [1.82, 2.24) is 14.5 Å². The van der Waals surface area contributed by atoms with E-state index in [1.807, 2.05) is 29.2 Å². The zero-order valence-corrected chi connectivity index (χ0v) is 16.8. The standard InChI is InChI=1S/C23H29N5O/c24-12-11-19(25)23(29)28-14-13-27-16-20(18-9-5-2-6-10-18)26-22(27)21(28)15-17-7-3-1-4-8-17/h2,5-6,9-10,16-17,19,21H,1,3-4,7-8,11,13-15,25H2/t19?,21-/m0/s1. The predicted molar refractivity (Wildman–Crippen MR) is 112 cm³/mol. The Morgan fingerprint density at radius 1 is 1.21 bits per heavy atom. The van der Waals surface area contributed by atoms with Crippen LogP contribution in [0.3, 0.4) is 0 Å². The third-order valence-electron chi connectivity index (χ3n) is 6.33. The Hall–Kier alpha value is -2.65. The summed E-state index contributed by atoms with van der Waals surface area (Å²) in [5, 5.41) is 8.98. The first-order chi connectivity index (χ1) is 14.2. The molecule has 0 bridgehead atoms. The van der Waals surface area contributed by atoms with Gasteiger partial charge in [-0.25, -0.2) is 4.98 Å². The van der Waals surface area contributed by atoms with Gasteiger partial charge in [0.25, 0.3) is 0 Å². The zero-order chi connectivity index (χ0) is 20.2. The normalized spacial score (nSPS) is 20.7. The van der Waals surface area contributed by atoms with Crippen LogP contribution < -0.4 is 5.73 Å². The Morgan fingerprint density at radius 3 is 2.69 bits per heavy atom. The molecule has 2 aliphatic rings. The van der Waals surface area contributed by atoms with Gasteiger partial charge in [0.15, 0.2) is 0 Å². The molecule has 0 radical (unpaired) electrons. The lowest BCUT2D eigenvalue weighted by molar-refractivity contribution is -0.136. The molecule has 0 spiro atoms. The molecule has 1 saturated carbocycles. The number of aromatic nitrogens is 2. The van der Waals surface area contributed by atoms with Crippen molar-refractivity contribution in [2.24, 2.45) is 11.7 Å². The number of carbonyl (C=O) groups excluding carboxylic acids is 1. The van der Waals surface area contributed by atoms with Crippen LogP contribution in [0.15, 0.2) is 36.5 Å². The summed E-state index contributed by atoms with van der Waals surface area (Å²) in [6, 6.07) is 11.4.